The number of rotatable bonds is 2. The number of nitrogens with two attached hydrogens (primary N) is 1. The van der Waals surface area contributed by atoms with E-state index in [-0.39, 0.29) is 0 Å². The fraction of sp³-hybridized carbons (Fsp3) is 1.00. The van der Waals surface area contributed by atoms with Crippen molar-refractivity contribution in [3.05, 3.63) is 0 Å². The summed E-state index contributed by atoms with van der Waals surface area (Å²) < 4.78 is 0. The summed E-state index contributed by atoms with van der Waals surface area (Å²) in [5.41, 5.74) is 7.28. The first-order chi connectivity index (χ1) is 9.59. The van der Waals surface area contributed by atoms with Gasteiger partial charge in [0.25, 0.3) is 0 Å². The lowest BCUT2D eigenvalue weighted by atomic mass is 9.74. The summed E-state index contributed by atoms with van der Waals surface area (Å²) in [4.78, 5) is 5.27. The van der Waals surface area contributed by atoms with Gasteiger partial charge in [-0.3, -0.25) is 4.90 Å². The topological polar surface area (TPSA) is 32.5 Å². The zero-order valence-electron chi connectivity index (χ0n) is 13.5. The highest BCUT2D eigenvalue weighted by atomic mass is 15.3. The summed E-state index contributed by atoms with van der Waals surface area (Å²) >= 11 is 0. The van der Waals surface area contributed by atoms with Crippen LogP contribution in [-0.4, -0.2) is 54.6 Å². The Morgan fingerprint density at radius 3 is 2.20 bits per heavy atom. The van der Waals surface area contributed by atoms with Crippen LogP contribution in [0, 0.1) is 5.41 Å². The van der Waals surface area contributed by atoms with Crippen LogP contribution in [0.2, 0.25) is 0 Å². The van der Waals surface area contributed by atoms with Crippen LogP contribution in [-0.2, 0) is 0 Å². The molecule has 2 atom stereocenters. The molecule has 2 unspecified atom stereocenters. The van der Waals surface area contributed by atoms with Crippen molar-refractivity contribution in [3.63, 3.8) is 0 Å². The van der Waals surface area contributed by atoms with E-state index >= 15 is 0 Å². The Kier molecular flexibility index (Phi) is 4.13. The highest BCUT2D eigenvalue weighted by Gasteiger charge is 2.45. The molecule has 0 bridgehead atoms. The van der Waals surface area contributed by atoms with Crippen molar-refractivity contribution in [2.24, 2.45) is 11.1 Å². The van der Waals surface area contributed by atoms with Gasteiger partial charge in [-0.25, -0.2) is 0 Å². The Hall–Kier alpha value is -0.120. The van der Waals surface area contributed by atoms with Crippen molar-refractivity contribution in [2.75, 3.05) is 33.2 Å². The Morgan fingerprint density at radius 2 is 1.65 bits per heavy atom. The quantitative estimate of drug-likeness (QED) is 0.843. The molecule has 0 aromatic carbocycles. The minimum absolute atomic E-state index is 0.298. The Balaban J connectivity index is 1.66. The third-order valence-corrected chi connectivity index (χ3v) is 6.90. The Labute approximate surface area is 124 Å². The summed E-state index contributed by atoms with van der Waals surface area (Å²) in [6.45, 7) is 7.02. The predicted molar refractivity (Wildman–Crippen MR) is 84.8 cm³/mol. The first kappa shape index (κ1) is 14.8. The van der Waals surface area contributed by atoms with Gasteiger partial charge in [0.2, 0.25) is 0 Å². The average Bonchev–Trinajstić information content (AvgIpc) is 2.91. The molecule has 3 nitrogen and oxygen atoms in total. The first-order valence-corrected chi connectivity index (χ1v) is 8.75. The standard InChI is InChI=1S/C17H33N3/c1-15-13-17(14-18,9-10-19(15)2)20-11-7-16(8-12-20)5-3-4-6-16/h15H,3-14,18H2,1-2H3. The lowest BCUT2D eigenvalue weighted by molar-refractivity contribution is -0.0259. The smallest absolute Gasteiger partial charge is 0.0358 e. The van der Waals surface area contributed by atoms with E-state index in [4.69, 9.17) is 5.73 Å². The van der Waals surface area contributed by atoms with Crippen LogP contribution in [0.5, 0.6) is 0 Å². The molecule has 3 rings (SSSR count). The summed E-state index contributed by atoms with van der Waals surface area (Å²) in [5, 5.41) is 0. The maximum Gasteiger partial charge on any atom is 0.0358 e. The SMILES string of the molecule is CC1CC(CN)(N2CCC3(CCCC3)CC2)CCN1C. The molecule has 1 aliphatic carbocycles. The van der Waals surface area contributed by atoms with Crippen LogP contribution in [0.4, 0.5) is 0 Å². The Bertz CT molecular complexity index is 327. The molecule has 1 spiro atoms. The van der Waals surface area contributed by atoms with E-state index in [1.807, 2.05) is 0 Å². The number of piperidine rings is 2. The summed E-state index contributed by atoms with van der Waals surface area (Å²) in [6, 6.07) is 0.676. The Morgan fingerprint density at radius 1 is 1.00 bits per heavy atom. The van der Waals surface area contributed by atoms with Gasteiger partial charge in [-0.2, -0.15) is 0 Å². The van der Waals surface area contributed by atoms with Crippen LogP contribution >= 0.6 is 0 Å². The van der Waals surface area contributed by atoms with Gasteiger partial charge in [-0.1, -0.05) is 12.8 Å². The molecular formula is C17H33N3. The third kappa shape index (κ3) is 2.53. The summed E-state index contributed by atoms with van der Waals surface area (Å²) in [7, 11) is 2.26. The van der Waals surface area contributed by atoms with Crippen LogP contribution < -0.4 is 5.73 Å². The van der Waals surface area contributed by atoms with E-state index in [9.17, 15) is 0 Å². The second-order valence-electron chi connectivity index (χ2n) is 7.91. The molecule has 2 heterocycles. The molecule has 0 aromatic heterocycles. The molecule has 0 radical (unpaired) electrons. The molecule has 2 aliphatic heterocycles. The van der Waals surface area contributed by atoms with Gasteiger partial charge in [-0.15, -0.1) is 0 Å². The van der Waals surface area contributed by atoms with Crippen molar-refractivity contribution in [1.82, 2.24) is 9.80 Å². The zero-order chi connectivity index (χ0) is 14.2. The zero-order valence-corrected chi connectivity index (χ0v) is 13.5. The third-order valence-electron chi connectivity index (χ3n) is 6.90. The largest absolute Gasteiger partial charge is 0.329 e. The highest BCUT2D eigenvalue weighted by molar-refractivity contribution is 5.01. The average molecular weight is 279 g/mol. The number of hydrogen-bond acceptors (Lipinski definition) is 3. The molecule has 2 N–H and O–H groups in total. The maximum absolute atomic E-state index is 6.26. The predicted octanol–water partition coefficient (Wildman–Crippen LogP) is 2.45. The number of hydrogen-bond donors (Lipinski definition) is 1. The van der Waals surface area contributed by atoms with E-state index in [1.54, 1.807) is 0 Å². The molecule has 2 saturated heterocycles. The minimum Gasteiger partial charge on any atom is -0.329 e. The van der Waals surface area contributed by atoms with Gasteiger partial charge in [-0.05, 0) is 77.5 Å². The number of nitrogens with zero attached hydrogens (tertiary/aromatic N) is 2. The van der Waals surface area contributed by atoms with E-state index in [0.29, 0.717) is 11.6 Å². The molecule has 0 amide bonds. The molecular weight excluding hydrogens is 246 g/mol. The highest BCUT2D eigenvalue weighted by Crippen LogP contribution is 2.47. The molecule has 3 heteroatoms. The molecule has 20 heavy (non-hydrogen) atoms. The van der Waals surface area contributed by atoms with E-state index in [2.05, 4.69) is 23.8 Å². The van der Waals surface area contributed by atoms with Gasteiger partial charge < -0.3 is 10.6 Å². The number of likely N-dealkylation sites (tertiary alicyclic amines) is 2. The fourth-order valence-corrected chi connectivity index (χ4v) is 5.09. The van der Waals surface area contributed by atoms with Crippen LogP contribution in [0.3, 0.4) is 0 Å². The van der Waals surface area contributed by atoms with E-state index in [1.165, 1.54) is 71.0 Å². The van der Waals surface area contributed by atoms with Gasteiger partial charge >= 0.3 is 0 Å². The van der Waals surface area contributed by atoms with Crippen molar-refractivity contribution in [2.45, 2.75) is 69.9 Å². The molecule has 116 valence electrons. The summed E-state index contributed by atoms with van der Waals surface area (Å²) in [6.07, 6.45) is 11.3. The molecule has 1 saturated carbocycles. The second kappa shape index (κ2) is 5.58. The normalized spacial score (nSPS) is 39.5. The van der Waals surface area contributed by atoms with Crippen molar-refractivity contribution >= 4 is 0 Å². The maximum atomic E-state index is 6.26. The molecule has 3 fully saturated rings. The lowest BCUT2D eigenvalue weighted by Crippen LogP contribution is -2.63. The van der Waals surface area contributed by atoms with Crippen LogP contribution in [0.25, 0.3) is 0 Å². The monoisotopic (exact) mass is 279 g/mol. The van der Waals surface area contributed by atoms with Crippen molar-refractivity contribution < 1.29 is 0 Å². The van der Waals surface area contributed by atoms with Gasteiger partial charge in [0.1, 0.15) is 0 Å². The van der Waals surface area contributed by atoms with Gasteiger partial charge in [0.15, 0.2) is 0 Å². The molecule has 0 aromatic rings. The van der Waals surface area contributed by atoms with Crippen molar-refractivity contribution in [1.29, 1.82) is 0 Å². The lowest BCUT2D eigenvalue weighted by Gasteiger charge is -2.53. The second-order valence-corrected chi connectivity index (χ2v) is 7.91. The van der Waals surface area contributed by atoms with E-state index in [0.717, 1.165) is 12.0 Å². The first-order valence-electron chi connectivity index (χ1n) is 8.75. The van der Waals surface area contributed by atoms with Crippen molar-refractivity contribution in [3.8, 4) is 0 Å². The van der Waals surface area contributed by atoms with Gasteiger partial charge in [0.05, 0.1) is 0 Å². The minimum atomic E-state index is 0.298. The van der Waals surface area contributed by atoms with Gasteiger partial charge in [0, 0.05) is 18.1 Å². The molecule has 3 aliphatic rings. The van der Waals surface area contributed by atoms with Crippen LogP contribution in [0.1, 0.15) is 58.3 Å². The van der Waals surface area contributed by atoms with Crippen LogP contribution in [0.15, 0.2) is 0 Å². The fourth-order valence-electron chi connectivity index (χ4n) is 5.09. The van der Waals surface area contributed by atoms with E-state index < -0.39 is 0 Å². The summed E-state index contributed by atoms with van der Waals surface area (Å²) in [5.74, 6) is 0.